The van der Waals surface area contributed by atoms with Crippen LogP contribution in [-0.2, 0) is 25.6 Å². The third-order valence-electron chi connectivity index (χ3n) is 5.50. The van der Waals surface area contributed by atoms with Crippen molar-refractivity contribution in [2.24, 2.45) is 0 Å². The van der Waals surface area contributed by atoms with Crippen LogP contribution in [0.2, 0.25) is 0 Å². The molecule has 0 saturated heterocycles. The zero-order valence-electron chi connectivity index (χ0n) is 19.9. The Balaban J connectivity index is 1.73. The van der Waals surface area contributed by atoms with Crippen LogP contribution in [0, 0.1) is 6.92 Å². The van der Waals surface area contributed by atoms with Gasteiger partial charge in [-0.15, -0.1) is 0 Å². The van der Waals surface area contributed by atoms with Crippen LogP contribution < -0.4 is 5.32 Å². The van der Waals surface area contributed by atoms with Crippen molar-refractivity contribution in [1.82, 2.24) is 19.5 Å². The van der Waals surface area contributed by atoms with Crippen molar-refractivity contribution in [1.29, 1.82) is 0 Å². The van der Waals surface area contributed by atoms with Crippen molar-refractivity contribution < 1.29 is 19.1 Å². The third kappa shape index (κ3) is 5.13. The maximum atomic E-state index is 12.8. The second-order valence-electron chi connectivity index (χ2n) is 7.85. The average molecular weight is 474 g/mol. The van der Waals surface area contributed by atoms with E-state index in [9.17, 15) is 9.59 Å². The number of benzene rings is 2. The normalized spacial score (nSPS) is 11.0. The van der Waals surface area contributed by atoms with Crippen LogP contribution in [-0.4, -0.2) is 44.7 Å². The summed E-state index contributed by atoms with van der Waals surface area (Å²) in [6.45, 7) is 6.17. The summed E-state index contributed by atoms with van der Waals surface area (Å²) in [5.74, 6) is -2.10. The number of esters is 2. The lowest BCUT2D eigenvalue weighted by molar-refractivity contribution is -0.156. The average Bonchev–Trinajstić information content (AvgIpc) is 3.26. The quantitative estimate of drug-likeness (QED) is 0.285. The number of nitrogens with zero attached hydrogens (tertiary/aromatic N) is 4. The molecule has 180 valence electrons. The van der Waals surface area contributed by atoms with E-state index in [0.29, 0.717) is 34.8 Å². The van der Waals surface area contributed by atoms with Crippen molar-refractivity contribution in [3.05, 3.63) is 77.9 Å². The number of para-hydroxylation sites is 1. The van der Waals surface area contributed by atoms with Crippen LogP contribution in [0.4, 0.5) is 11.5 Å². The monoisotopic (exact) mass is 473 g/mol. The number of anilines is 2. The Kier molecular flexibility index (Phi) is 7.35. The molecule has 2 aromatic heterocycles. The van der Waals surface area contributed by atoms with Gasteiger partial charge in [-0.05, 0) is 31.9 Å². The first kappa shape index (κ1) is 23.9. The molecule has 4 rings (SSSR count). The van der Waals surface area contributed by atoms with Gasteiger partial charge in [-0.2, -0.15) is 0 Å². The molecule has 4 aromatic rings. The molecule has 0 spiro atoms. The van der Waals surface area contributed by atoms with Gasteiger partial charge in [-0.25, -0.2) is 15.0 Å². The van der Waals surface area contributed by atoms with Crippen LogP contribution >= 0.6 is 0 Å². The van der Waals surface area contributed by atoms with Gasteiger partial charge in [-0.1, -0.05) is 48.5 Å². The lowest BCUT2D eigenvalue weighted by Gasteiger charge is -2.20. The lowest BCUT2D eigenvalue weighted by atomic mass is 9.95. The third-order valence-corrected chi connectivity index (χ3v) is 5.50. The fraction of sp³-hybridized carbons (Fsp3) is 0.269. The summed E-state index contributed by atoms with van der Waals surface area (Å²) in [5.41, 5.74) is 4.17. The standard InChI is InChI=1S/C26H27N5O4/c1-4-34-25(32)20(26(33)35-5-2)19-13-9-10-17(3)21(19)30-23-22-24(28-15-27-23)31(16-29-22)14-18-11-7-6-8-12-18/h6-13,15-16,20H,4-5,14H2,1-3H3,(H,27,28,30). The summed E-state index contributed by atoms with van der Waals surface area (Å²) in [5, 5.41) is 3.29. The molecule has 0 aliphatic rings. The van der Waals surface area contributed by atoms with Gasteiger partial charge in [0.25, 0.3) is 0 Å². The largest absolute Gasteiger partial charge is 0.465 e. The summed E-state index contributed by atoms with van der Waals surface area (Å²) in [6, 6.07) is 15.4. The Morgan fingerprint density at radius 1 is 0.943 bits per heavy atom. The second kappa shape index (κ2) is 10.8. The number of ether oxygens (including phenoxy) is 2. The lowest BCUT2D eigenvalue weighted by Crippen LogP contribution is -2.27. The molecule has 35 heavy (non-hydrogen) atoms. The molecule has 2 heterocycles. The maximum absolute atomic E-state index is 12.8. The highest BCUT2D eigenvalue weighted by molar-refractivity contribution is 6.02. The number of carbonyl (C=O) groups is 2. The molecule has 0 fully saturated rings. The molecule has 9 heteroatoms. The molecule has 0 unspecified atom stereocenters. The smallest absolute Gasteiger partial charge is 0.324 e. The van der Waals surface area contributed by atoms with Gasteiger partial charge in [0, 0.05) is 11.3 Å². The van der Waals surface area contributed by atoms with E-state index < -0.39 is 17.9 Å². The topological polar surface area (TPSA) is 108 Å². The van der Waals surface area contributed by atoms with Gasteiger partial charge in [0.2, 0.25) is 0 Å². The van der Waals surface area contributed by atoms with Gasteiger partial charge in [-0.3, -0.25) is 9.59 Å². The van der Waals surface area contributed by atoms with Gasteiger partial charge >= 0.3 is 11.9 Å². The van der Waals surface area contributed by atoms with Crippen molar-refractivity contribution in [2.75, 3.05) is 18.5 Å². The Morgan fingerprint density at radius 3 is 2.34 bits per heavy atom. The summed E-state index contributed by atoms with van der Waals surface area (Å²) >= 11 is 0. The number of hydrogen-bond acceptors (Lipinski definition) is 8. The predicted octanol–water partition coefficient (Wildman–Crippen LogP) is 4.14. The minimum atomic E-state index is -1.23. The maximum Gasteiger partial charge on any atom is 0.324 e. The summed E-state index contributed by atoms with van der Waals surface area (Å²) in [6.07, 6.45) is 3.18. The van der Waals surface area contributed by atoms with E-state index in [0.717, 1.165) is 11.1 Å². The first-order valence-electron chi connectivity index (χ1n) is 11.4. The Morgan fingerprint density at radius 2 is 1.66 bits per heavy atom. The van der Waals surface area contributed by atoms with Crippen LogP contribution in [0.3, 0.4) is 0 Å². The first-order valence-corrected chi connectivity index (χ1v) is 11.4. The SMILES string of the molecule is CCOC(=O)C(C(=O)OCC)c1cccc(C)c1Nc1ncnc2c1ncn2Cc1ccccc1. The minimum absolute atomic E-state index is 0.148. The van der Waals surface area contributed by atoms with E-state index >= 15 is 0 Å². The molecule has 0 bridgehead atoms. The number of carbonyl (C=O) groups excluding carboxylic acids is 2. The predicted molar refractivity (Wildman–Crippen MR) is 131 cm³/mol. The zero-order valence-corrected chi connectivity index (χ0v) is 19.9. The summed E-state index contributed by atoms with van der Waals surface area (Å²) in [4.78, 5) is 38.9. The number of nitrogens with one attached hydrogen (secondary N) is 1. The molecule has 9 nitrogen and oxygen atoms in total. The second-order valence-corrected chi connectivity index (χ2v) is 7.85. The van der Waals surface area contributed by atoms with Gasteiger partial charge in [0.15, 0.2) is 22.9 Å². The van der Waals surface area contributed by atoms with Gasteiger partial charge < -0.3 is 19.4 Å². The van der Waals surface area contributed by atoms with Crippen LogP contribution in [0.15, 0.2) is 61.2 Å². The summed E-state index contributed by atoms with van der Waals surface area (Å²) < 4.78 is 12.3. The van der Waals surface area contributed by atoms with Gasteiger partial charge in [0.1, 0.15) is 6.33 Å². The highest BCUT2D eigenvalue weighted by Crippen LogP contribution is 2.33. The molecule has 0 amide bonds. The molecule has 0 aliphatic heterocycles. The fourth-order valence-corrected chi connectivity index (χ4v) is 3.89. The molecule has 1 N–H and O–H groups in total. The molecule has 0 saturated carbocycles. The number of hydrogen-bond donors (Lipinski definition) is 1. The van der Waals surface area contributed by atoms with E-state index in [2.05, 4.69) is 20.3 Å². The Bertz CT molecular complexity index is 1320. The number of aromatic nitrogens is 4. The van der Waals surface area contributed by atoms with E-state index in [1.807, 2.05) is 47.9 Å². The van der Waals surface area contributed by atoms with Crippen molar-refractivity contribution in [2.45, 2.75) is 33.2 Å². The molecule has 2 aromatic carbocycles. The fourth-order valence-electron chi connectivity index (χ4n) is 3.89. The van der Waals surface area contributed by atoms with Crippen molar-refractivity contribution >= 4 is 34.6 Å². The molecular formula is C26H27N5O4. The van der Waals surface area contributed by atoms with Crippen LogP contribution in [0.1, 0.15) is 36.5 Å². The number of rotatable bonds is 9. The Hall–Kier alpha value is -4.27. The Labute approximate surface area is 203 Å². The van der Waals surface area contributed by atoms with Crippen LogP contribution in [0.5, 0.6) is 0 Å². The van der Waals surface area contributed by atoms with Crippen LogP contribution in [0.25, 0.3) is 11.2 Å². The van der Waals surface area contributed by atoms with Crippen molar-refractivity contribution in [3.63, 3.8) is 0 Å². The highest BCUT2D eigenvalue weighted by atomic mass is 16.6. The summed E-state index contributed by atoms with van der Waals surface area (Å²) in [7, 11) is 0. The van der Waals surface area contributed by atoms with Gasteiger partial charge in [0.05, 0.1) is 26.1 Å². The minimum Gasteiger partial charge on any atom is -0.465 e. The molecule has 0 radical (unpaired) electrons. The van der Waals surface area contributed by atoms with E-state index in [-0.39, 0.29) is 13.2 Å². The van der Waals surface area contributed by atoms with E-state index in [1.54, 1.807) is 32.3 Å². The van der Waals surface area contributed by atoms with E-state index in [1.165, 1.54) is 6.33 Å². The number of aryl methyl sites for hydroxylation is 1. The molecular weight excluding hydrogens is 446 g/mol. The molecule has 0 aliphatic carbocycles. The zero-order chi connectivity index (χ0) is 24.8. The molecule has 0 atom stereocenters. The van der Waals surface area contributed by atoms with Crippen molar-refractivity contribution in [3.8, 4) is 0 Å². The number of fused-ring (bicyclic) bond motifs is 1. The highest BCUT2D eigenvalue weighted by Gasteiger charge is 2.34. The first-order chi connectivity index (χ1) is 17.0. The number of imidazole rings is 1. The van der Waals surface area contributed by atoms with E-state index in [4.69, 9.17) is 9.47 Å².